The molecule has 0 saturated carbocycles. The maximum atomic E-state index is 12.0. The van der Waals surface area contributed by atoms with Crippen molar-refractivity contribution in [3.63, 3.8) is 0 Å². The Kier molecular flexibility index (Phi) is 4.00. The smallest absolute Gasteiger partial charge is 0.419 e. The zero-order chi connectivity index (χ0) is 14.0. The number of allylic oxidation sites excluding steroid dienone is 1. The lowest BCUT2D eigenvalue weighted by Gasteiger charge is -2.17. The van der Waals surface area contributed by atoms with Gasteiger partial charge in [-0.05, 0) is 37.6 Å². The Morgan fingerprint density at radius 1 is 1.42 bits per heavy atom. The second-order valence-electron chi connectivity index (χ2n) is 4.20. The summed E-state index contributed by atoms with van der Waals surface area (Å²) >= 11 is 6.22. The first kappa shape index (κ1) is 13.7. The molecule has 1 saturated heterocycles. The number of benzene rings is 1. The van der Waals surface area contributed by atoms with Crippen LogP contribution in [0.25, 0.3) is 0 Å². The molecule has 102 valence electrons. The predicted molar refractivity (Wildman–Crippen MR) is 74.6 cm³/mol. The molecule has 1 unspecified atom stereocenters. The van der Waals surface area contributed by atoms with Gasteiger partial charge in [-0.25, -0.2) is 9.69 Å². The highest BCUT2D eigenvalue weighted by Gasteiger charge is 2.36. The molecule has 1 fully saturated rings. The van der Waals surface area contributed by atoms with Crippen LogP contribution in [0.3, 0.4) is 0 Å². The lowest BCUT2D eigenvalue weighted by molar-refractivity contribution is 0.154. The lowest BCUT2D eigenvalue weighted by atomic mass is 10.2. The van der Waals surface area contributed by atoms with Gasteiger partial charge in [-0.2, -0.15) is 0 Å². The molecule has 1 atom stereocenters. The van der Waals surface area contributed by atoms with Crippen LogP contribution in [0.2, 0.25) is 0 Å². The molecular formula is C14H16ClNO3. The van der Waals surface area contributed by atoms with Gasteiger partial charge in [-0.3, -0.25) is 0 Å². The van der Waals surface area contributed by atoms with Gasteiger partial charge in [0.05, 0.1) is 18.5 Å². The number of methoxy groups -OCH3 is 1. The molecule has 1 aliphatic heterocycles. The molecule has 1 heterocycles. The largest absolute Gasteiger partial charge is 0.497 e. The standard InChI is InChI=1S/C14H16ClNO3/c1-4-12(15)13-9(2)19-14(17)16(13)10-5-7-11(18-3)8-6-10/h5-9H,4H2,1-3H3/b13-12+. The van der Waals surface area contributed by atoms with E-state index in [0.717, 1.165) is 11.4 Å². The molecule has 5 heteroatoms. The summed E-state index contributed by atoms with van der Waals surface area (Å²) in [5.74, 6) is 0.733. The monoisotopic (exact) mass is 281 g/mol. The molecule has 0 aliphatic carbocycles. The normalized spacial score (nSPS) is 21.4. The third kappa shape index (κ3) is 2.54. The Morgan fingerprint density at radius 2 is 2.05 bits per heavy atom. The molecule has 0 bridgehead atoms. The van der Waals surface area contributed by atoms with Crippen LogP contribution < -0.4 is 9.64 Å². The van der Waals surface area contributed by atoms with Crippen LogP contribution in [-0.2, 0) is 4.74 Å². The van der Waals surface area contributed by atoms with Crippen LogP contribution in [0, 0.1) is 0 Å². The number of anilines is 1. The van der Waals surface area contributed by atoms with E-state index >= 15 is 0 Å². The highest BCUT2D eigenvalue weighted by molar-refractivity contribution is 6.30. The Hall–Kier alpha value is -1.68. The van der Waals surface area contributed by atoms with Gasteiger partial charge in [-0.15, -0.1) is 0 Å². The van der Waals surface area contributed by atoms with Crippen LogP contribution in [-0.4, -0.2) is 19.3 Å². The van der Waals surface area contributed by atoms with Crippen molar-refractivity contribution in [3.05, 3.63) is 35.0 Å². The first-order valence-corrected chi connectivity index (χ1v) is 6.49. The lowest BCUT2D eigenvalue weighted by Crippen LogP contribution is -2.23. The fourth-order valence-electron chi connectivity index (χ4n) is 2.04. The molecule has 1 aliphatic rings. The first-order chi connectivity index (χ1) is 9.08. The summed E-state index contributed by atoms with van der Waals surface area (Å²) in [4.78, 5) is 13.5. The van der Waals surface area contributed by atoms with Crippen molar-refractivity contribution in [2.24, 2.45) is 0 Å². The molecule has 0 N–H and O–H groups in total. The van der Waals surface area contributed by atoms with Crippen molar-refractivity contribution in [1.29, 1.82) is 0 Å². The number of cyclic esters (lactones) is 1. The summed E-state index contributed by atoms with van der Waals surface area (Å²) < 4.78 is 10.3. The van der Waals surface area contributed by atoms with Crippen molar-refractivity contribution in [3.8, 4) is 5.75 Å². The van der Waals surface area contributed by atoms with Crippen molar-refractivity contribution in [2.75, 3.05) is 12.0 Å². The second-order valence-corrected chi connectivity index (χ2v) is 4.66. The number of hydrogen-bond donors (Lipinski definition) is 0. The number of nitrogens with zero attached hydrogens (tertiary/aromatic N) is 1. The van der Waals surface area contributed by atoms with Gasteiger partial charge in [0.1, 0.15) is 11.9 Å². The average Bonchev–Trinajstić information content (AvgIpc) is 2.72. The van der Waals surface area contributed by atoms with Crippen LogP contribution >= 0.6 is 11.6 Å². The molecule has 4 nitrogen and oxygen atoms in total. The van der Waals surface area contributed by atoms with Crippen molar-refractivity contribution < 1.29 is 14.3 Å². The first-order valence-electron chi connectivity index (χ1n) is 6.11. The Morgan fingerprint density at radius 3 is 2.58 bits per heavy atom. The quantitative estimate of drug-likeness (QED) is 0.843. The number of carbonyl (C=O) groups excluding carboxylic acids is 1. The minimum Gasteiger partial charge on any atom is -0.497 e. The summed E-state index contributed by atoms with van der Waals surface area (Å²) in [7, 11) is 1.60. The van der Waals surface area contributed by atoms with E-state index in [0.29, 0.717) is 17.2 Å². The van der Waals surface area contributed by atoms with Crippen LogP contribution in [0.4, 0.5) is 10.5 Å². The van der Waals surface area contributed by atoms with E-state index in [2.05, 4.69) is 0 Å². The van der Waals surface area contributed by atoms with Gasteiger partial charge < -0.3 is 9.47 Å². The second kappa shape index (κ2) is 5.53. The van der Waals surface area contributed by atoms with E-state index in [1.165, 1.54) is 4.90 Å². The van der Waals surface area contributed by atoms with Crippen LogP contribution in [0.15, 0.2) is 35.0 Å². The summed E-state index contributed by atoms with van der Waals surface area (Å²) in [6.45, 7) is 3.76. The molecule has 0 aromatic heterocycles. The highest BCUT2D eigenvalue weighted by Crippen LogP contribution is 2.34. The minimum absolute atomic E-state index is 0.331. The summed E-state index contributed by atoms with van der Waals surface area (Å²) in [6, 6.07) is 7.20. The fourth-order valence-corrected chi connectivity index (χ4v) is 2.28. The number of halogens is 1. The Balaban J connectivity index is 2.42. The zero-order valence-electron chi connectivity index (χ0n) is 11.1. The number of rotatable bonds is 3. The molecule has 1 aromatic carbocycles. The minimum atomic E-state index is -0.403. The number of hydrogen-bond acceptors (Lipinski definition) is 3. The zero-order valence-corrected chi connectivity index (χ0v) is 11.9. The number of carbonyl (C=O) groups is 1. The number of amides is 1. The van der Waals surface area contributed by atoms with Crippen molar-refractivity contribution in [2.45, 2.75) is 26.4 Å². The summed E-state index contributed by atoms with van der Waals surface area (Å²) in [5, 5.41) is 0.633. The third-order valence-electron chi connectivity index (χ3n) is 3.01. The van der Waals surface area contributed by atoms with E-state index in [1.807, 2.05) is 13.8 Å². The van der Waals surface area contributed by atoms with Gasteiger partial charge in [0.25, 0.3) is 0 Å². The van der Waals surface area contributed by atoms with Gasteiger partial charge in [-0.1, -0.05) is 18.5 Å². The van der Waals surface area contributed by atoms with Crippen molar-refractivity contribution >= 4 is 23.4 Å². The van der Waals surface area contributed by atoms with Crippen molar-refractivity contribution in [1.82, 2.24) is 0 Å². The molecule has 2 rings (SSSR count). The number of ether oxygens (including phenoxy) is 2. The van der Waals surface area contributed by atoms with E-state index in [-0.39, 0.29) is 6.10 Å². The van der Waals surface area contributed by atoms with Gasteiger partial charge in [0.2, 0.25) is 0 Å². The van der Waals surface area contributed by atoms with E-state index in [1.54, 1.807) is 31.4 Å². The van der Waals surface area contributed by atoms with E-state index in [4.69, 9.17) is 21.1 Å². The molecule has 1 amide bonds. The maximum Gasteiger partial charge on any atom is 0.419 e. The van der Waals surface area contributed by atoms with E-state index in [9.17, 15) is 4.79 Å². The molecule has 0 radical (unpaired) electrons. The predicted octanol–water partition coefficient (Wildman–Crippen LogP) is 3.90. The molecule has 19 heavy (non-hydrogen) atoms. The summed E-state index contributed by atoms with van der Waals surface area (Å²) in [5.41, 5.74) is 1.43. The Labute approximate surface area is 117 Å². The van der Waals surface area contributed by atoms with Gasteiger partial charge in [0, 0.05) is 5.03 Å². The SMILES string of the molecule is CC/C(Cl)=C1/C(C)OC(=O)N1c1ccc(OC)cc1. The maximum absolute atomic E-state index is 12.0. The van der Waals surface area contributed by atoms with Gasteiger partial charge >= 0.3 is 6.09 Å². The van der Waals surface area contributed by atoms with Gasteiger partial charge in [0.15, 0.2) is 0 Å². The average molecular weight is 282 g/mol. The van der Waals surface area contributed by atoms with Crippen LogP contribution in [0.1, 0.15) is 20.3 Å². The van der Waals surface area contributed by atoms with Crippen LogP contribution in [0.5, 0.6) is 5.75 Å². The Bertz CT molecular complexity index is 510. The fraction of sp³-hybridized carbons (Fsp3) is 0.357. The molecular weight excluding hydrogens is 266 g/mol. The topological polar surface area (TPSA) is 38.8 Å². The third-order valence-corrected chi connectivity index (χ3v) is 3.47. The molecule has 1 aromatic rings. The summed E-state index contributed by atoms with van der Waals surface area (Å²) in [6.07, 6.45) is -0.0776. The van der Waals surface area contributed by atoms with E-state index < -0.39 is 6.09 Å². The molecule has 0 spiro atoms. The highest BCUT2D eigenvalue weighted by atomic mass is 35.5.